The number of benzene rings is 4. The summed E-state index contributed by atoms with van der Waals surface area (Å²) in [4.78, 5) is 10.9. The standard InChI is InChI=1S/C35H20F3N3/c36-21-7-9-24(10-8-21)41(26-17-22(37)16-23(38)18-26)25-11-12-31-28(19-25)27-4-1-2-5-30(27)35(31)32-13-15-39-20-29(32)34-33(35)6-3-14-40-34/h1-20H. The van der Waals surface area contributed by atoms with Gasteiger partial charge in [-0.1, -0.05) is 36.4 Å². The molecule has 2 heterocycles. The first-order valence-corrected chi connectivity index (χ1v) is 13.2. The number of hydrogen-bond acceptors (Lipinski definition) is 3. The van der Waals surface area contributed by atoms with Gasteiger partial charge in [0, 0.05) is 41.6 Å². The molecule has 2 aliphatic rings. The predicted octanol–water partition coefficient (Wildman–Crippen LogP) is 8.71. The van der Waals surface area contributed by atoms with E-state index in [2.05, 4.69) is 35.3 Å². The van der Waals surface area contributed by atoms with Crippen molar-refractivity contribution < 1.29 is 13.2 Å². The summed E-state index contributed by atoms with van der Waals surface area (Å²) in [5, 5.41) is 0. The summed E-state index contributed by atoms with van der Waals surface area (Å²) in [6.07, 6.45) is 5.49. The van der Waals surface area contributed by atoms with E-state index in [1.807, 2.05) is 42.7 Å². The summed E-state index contributed by atoms with van der Waals surface area (Å²) >= 11 is 0. The second-order valence-electron chi connectivity index (χ2n) is 10.3. The molecule has 0 amide bonds. The zero-order valence-electron chi connectivity index (χ0n) is 21.5. The first kappa shape index (κ1) is 23.6. The van der Waals surface area contributed by atoms with E-state index >= 15 is 0 Å². The second kappa shape index (κ2) is 8.63. The lowest BCUT2D eigenvalue weighted by Gasteiger charge is -2.30. The molecule has 0 bridgehead atoms. The molecule has 41 heavy (non-hydrogen) atoms. The van der Waals surface area contributed by atoms with E-state index in [4.69, 9.17) is 4.98 Å². The van der Waals surface area contributed by atoms with Crippen LogP contribution < -0.4 is 4.90 Å². The highest BCUT2D eigenvalue weighted by molar-refractivity contribution is 5.95. The smallest absolute Gasteiger partial charge is 0.128 e. The van der Waals surface area contributed by atoms with Gasteiger partial charge in [-0.3, -0.25) is 9.97 Å². The maximum atomic E-state index is 14.4. The summed E-state index contributed by atoms with van der Waals surface area (Å²) in [5.41, 5.74) is 9.36. The van der Waals surface area contributed by atoms with Gasteiger partial charge >= 0.3 is 0 Å². The largest absolute Gasteiger partial charge is 0.310 e. The number of anilines is 3. The van der Waals surface area contributed by atoms with Crippen molar-refractivity contribution >= 4 is 17.1 Å². The van der Waals surface area contributed by atoms with E-state index in [0.29, 0.717) is 17.1 Å². The van der Waals surface area contributed by atoms with Gasteiger partial charge in [0.05, 0.1) is 16.8 Å². The molecule has 1 spiro atoms. The summed E-state index contributed by atoms with van der Waals surface area (Å²) in [5.74, 6) is -1.79. The van der Waals surface area contributed by atoms with E-state index in [9.17, 15) is 13.2 Å². The third kappa shape index (κ3) is 3.28. The molecule has 8 rings (SSSR count). The normalized spacial score (nSPS) is 15.8. The quantitative estimate of drug-likeness (QED) is 0.225. The van der Waals surface area contributed by atoms with Gasteiger partial charge in [-0.2, -0.15) is 0 Å². The molecule has 2 aliphatic carbocycles. The van der Waals surface area contributed by atoms with Crippen molar-refractivity contribution in [2.24, 2.45) is 0 Å². The van der Waals surface area contributed by atoms with E-state index in [-0.39, 0.29) is 0 Å². The van der Waals surface area contributed by atoms with E-state index in [1.165, 1.54) is 24.3 Å². The average Bonchev–Trinajstić information content (AvgIpc) is 3.45. The molecular formula is C35H20F3N3. The van der Waals surface area contributed by atoms with E-state index in [0.717, 1.165) is 50.7 Å². The molecule has 0 N–H and O–H groups in total. The molecule has 0 radical (unpaired) electrons. The van der Waals surface area contributed by atoms with E-state index in [1.54, 1.807) is 23.2 Å². The van der Waals surface area contributed by atoms with Gasteiger partial charge in [-0.15, -0.1) is 0 Å². The molecule has 1 unspecified atom stereocenters. The lowest BCUT2D eigenvalue weighted by atomic mass is 9.71. The Hall–Kier alpha value is -5.23. The Morgan fingerprint density at radius 3 is 2.05 bits per heavy atom. The SMILES string of the molecule is Fc1ccc(N(c2cc(F)cc(F)c2)c2ccc3c(c2)-c2ccccc2C32c3ccncc3-c3ncccc32)cc1. The van der Waals surface area contributed by atoms with Crippen LogP contribution in [0.1, 0.15) is 22.3 Å². The van der Waals surface area contributed by atoms with Gasteiger partial charge in [0.25, 0.3) is 0 Å². The molecule has 0 aliphatic heterocycles. The Labute approximate surface area is 234 Å². The Balaban J connectivity index is 1.41. The van der Waals surface area contributed by atoms with Crippen molar-refractivity contribution in [3.8, 4) is 22.4 Å². The molecular weight excluding hydrogens is 519 g/mol. The summed E-state index contributed by atoms with van der Waals surface area (Å²) in [7, 11) is 0. The van der Waals surface area contributed by atoms with Crippen LogP contribution in [0.15, 0.2) is 122 Å². The Morgan fingerprint density at radius 2 is 1.22 bits per heavy atom. The number of pyridine rings is 2. The van der Waals surface area contributed by atoms with Crippen LogP contribution >= 0.6 is 0 Å². The van der Waals surface area contributed by atoms with Crippen LogP contribution in [0.2, 0.25) is 0 Å². The highest BCUT2D eigenvalue weighted by Gasteiger charge is 2.52. The maximum absolute atomic E-state index is 14.4. The Bertz CT molecular complexity index is 1940. The van der Waals surface area contributed by atoms with Crippen LogP contribution in [0, 0.1) is 17.5 Å². The molecule has 4 aromatic carbocycles. The fourth-order valence-electron chi connectivity index (χ4n) is 6.68. The lowest BCUT2D eigenvalue weighted by molar-refractivity contribution is 0.583. The summed E-state index contributed by atoms with van der Waals surface area (Å²) in [6.45, 7) is 0. The maximum Gasteiger partial charge on any atom is 0.128 e. The molecule has 6 heteroatoms. The van der Waals surface area contributed by atoms with Crippen LogP contribution in [-0.4, -0.2) is 9.97 Å². The topological polar surface area (TPSA) is 29.0 Å². The third-order valence-electron chi connectivity index (χ3n) is 8.17. The summed E-state index contributed by atoms with van der Waals surface area (Å²) in [6, 6.07) is 29.8. The molecule has 0 saturated heterocycles. The Morgan fingerprint density at radius 1 is 0.512 bits per heavy atom. The number of rotatable bonds is 3. The van der Waals surface area contributed by atoms with E-state index < -0.39 is 22.9 Å². The second-order valence-corrected chi connectivity index (χ2v) is 10.3. The molecule has 3 nitrogen and oxygen atoms in total. The van der Waals surface area contributed by atoms with Crippen LogP contribution in [0.5, 0.6) is 0 Å². The Kier molecular flexibility index (Phi) is 4.98. The van der Waals surface area contributed by atoms with Crippen LogP contribution in [0.3, 0.4) is 0 Å². The van der Waals surface area contributed by atoms with Crippen molar-refractivity contribution in [3.63, 3.8) is 0 Å². The molecule has 196 valence electrons. The van der Waals surface area contributed by atoms with Crippen molar-refractivity contribution in [2.45, 2.75) is 5.41 Å². The number of aromatic nitrogens is 2. The third-order valence-corrected chi connectivity index (χ3v) is 8.17. The van der Waals surface area contributed by atoms with Gasteiger partial charge in [0.15, 0.2) is 0 Å². The monoisotopic (exact) mass is 539 g/mol. The number of fused-ring (bicyclic) bond motifs is 10. The van der Waals surface area contributed by atoms with Gasteiger partial charge < -0.3 is 4.90 Å². The molecule has 0 saturated carbocycles. The number of halogens is 3. The van der Waals surface area contributed by atoms with Crippen molar-refractivity contribution in [1.29, 1.82) is 0 Å². The van der Waals surface area contributed by atoms with Gasteiger partial charge in [0.2, 0.25) is 0 Å². The van der Waals surface area contributed by atoms with Gasteiger partial charge in [-0.25, -0.2) is 13.2 Å². The minimum absolute atomic E-state index is 0.293. The minimum atomic E-state index is -0.696. The molecule has 1 atom stereocenters. The fourth-order valence-corrected chi connectivity index (χ4v) is 6.68. The molecule has 6 aromatic rings. The molecule has 0 fully saturated rings. The summed E-state index contributed by atoms with van der Waals surface area (Å²) < 4.78 is 42.8. The van der Waals surface area contributed by atoms with Crippen LogP contribution in [0.4, 0.5) is 30.2 Å². The fraction of sp³-hybridized carbons (Fsp3) is 0.0286. The lowest BCUT2D eigenvalue weighted by Crippen LogP contribution is -2.26. The van der Waals surface area contributed by atoms with Crippen LogP contribution in [-0.2, 0) is 5.41 Å². The zero-order valence-corrected chi connectivity index (χ0v) is 21.5. The minimum Gasteiger partial charge on any atom is -0.310 e. The van der Waals surface area contributed by atoms with Crippen molar-refractivity contribution in [2.75, 3.05) is 4.90 Å². The average molecular weight is 540 g/mol. The molecule has 2 aromatic heterocycles. The predicted molar refractivity (Wildman–Crippen MR) is 153 cm³/mol. The first-order chi connectivity index (χ1) is 20.1. The number of hydrogen-bond donors (Lipinski definition) is 0. The van der Waals surface area contributed by atoms with Crippen molar-refractivity contribution in [1.82, 2.24) is 9.97 Å². The number of nitrogens with zero attached hydrogens (tertiary/aromatic N) is 3. The van der Waals surface area contributed by atoms with Crippen molar-refractivity contribution in [3.05, 3.63) is 161 Å². The van der Waals surface area contributed by atoms with Gasteiger partial charge in [0.1, 0.15) is 17.5 Å². The van der Waals surface area contributed by atoms with Crippen LogP contribution in [0.25, 0.3) is 22.4 Å². The van der Waals surface area contributed by atoms with Gasteiger partial charge in [-0.05, 0) is 94.0 Å². The first-order valence-electron chi connectivity index (χ1n) is 13.2. The highest BCUT2D eigenvalue weighted by atomic mass is 19.1. The highest BCUT2D eigenvalue weighted by Crippen LogP contribution is 2.62. The zero-order chi connectivity index (χ0) is 27.7.